The first kappa shape index (κ1) is 23.3. The number of ether oxygens (including phenoxy) is 1. The van der Waals surface area contributed by atoms with Crippen molar-refractivity contribution in [3.8, 4) is 0 Å². The molecule has 0 spiro atoms. The number of aryl methyl sites for hydroxylation is 1. The molecule has 162 valence electrons. The fraction of sp³-hybridized carbons (Fsp3) is 0.333. The van der Waals surface area contributed by atoms with Crippen LogP contribution in [0.4, 0.5) is 17.6 Å². The zero-order chi connectivity index (χ0) is 22.5. The lowest BCUT2D eigenvalue weighted by molar-refractivity contribution is -0.141. The third-order valence-corrected chi connectivity index (χ3v) is 4.79. The van der Waals surface area contributed by atoms with E-state index in [0.717, 1.165) is 0 Å². The lowest BCUT2D eigenvalue weighted by Crippen LogP contribution is -2.20. The van der Waals surface area contributed by atoms with E-state index in [2.05, 4.69) is 15.3 Å². The van der Waals surface area contributed by atoms with Crippen molar-refractivity contribution < 1.29 is 36.8 Å². The minimum absolute atomic E-state index is 0.119. The van der Waals surface area contributed by atoms with Crippen molar-refractivity contribution in [2.75, 3.05) is 14.2 Å². The summed E-state index contributed by atoms with van der Waals surface area (Å²) in [6, 6.07) is 4.99. The molecule has 2 rings (SSSR count). The summed E-state index contributed by atoms with van der Waals surface area (Å²) < 4.78 is 57.0. The molecule has 0 unspecified atom stereocenters. The molecule has 7 nitrogen and oxygen atoms in total. The fourth-order valence-corrected chi connectivity index (χ4v) is 3.21. The van der Waals surface area contributed by atoms with Gasteiger partial charge in [-0.3, -0.25) is 0 Å². The smallest absolute Gasteiger partial charge is 0.434 e. The predicted octanol–water partition coefficient (Wildman–Crippen LogP) is 4.07. The summed E-state index contributed by atoms with van der Waals surface area (Å²) in [5, 5.41) is 6.11. The van der Waals surface area contributed by atoms with Crippen LogP contribution in [-0.4, -0.2) is 36.6 Å². The van der Waals surface area contributed by atoms with Crippen LogP contribution in [0.25, 0.3) is 0 Å². The van der Waals surface area contributed by atoms with Crippen LogP contribution in [0, 0.1) is 12.2 Å². The Hall–Kier alpha value is -3.02. The van der Waals surface area contributed by atoms with Gasteiger partial charge < -0.3 is 14.4 Å². The number of halogens is 4. The second kappa shape index (κ2) is 9.65. The van der Waals surface area contributed by atoms with E-state index in [9.17, 15) is 22.4 Å². The van der Waals surface area contributed by atoms with Crippen LogP contribution in [0.5, 0.6) is 0 Å². The molecule has 1 aromatic carbocycles. The third kappa shape index (κ3) is 5.32. The molecule has 12 heteroatoms. The van der Waals surface area contributed by atoms with Crippen LogP contribution < -0.4 is 0 Å². The molecule has 0 fully saturated rings. The second-order valence-electron chi connectivity index (χ2n) is 5.81. The van der Waals surface area contributed by atoms with E-state index in [0.29, 0.717) is 16.7 Å². The van der Waals surface area contributed by atoms with E-state index >= 15 is 0 Å². The third-order valence-electron chi connectivity index (χ3n) is 3.84. The number of thiazole rings is 1. The van der Waals surface area contributed by atoms with Crippen LogP contribution >= 0.6 is 11.3 Å². The minimum Gasteiger partial charge on any atom is -0.464 e. The summed E-state index contributed by atoms with van der Waals surface area (Å²) in [7, 11) is 2.44. The maximum Gasteiger partial charge on any atom is 0.434 e. The number of carbonyl (C=O) groups excluding carboxylic acids is 1. The number of rotatable bonds is 7. The summed E-state index contributed by atoms with van der Waals surface area (Å²) in [4.78, 5) is 24.3. The zero-order valence-electron chi connectivity index (χ0n) is 16.3. The molecule has 0 bridgehead atoms. The Morgan fingerprint density at radius 1 is 1.23 bits per heavy atom. The van der Waals surface area contributed by atoms with Gasteiger partial charge in [-0.2, -0.15) is 17.6 Å². The molecule has 0 aliphatic carbocycles. The van der Waals surface area contributed by atoms with Crippen molar-refractivity contribution in [1.82, 2.24) is 4.98 Å². The normalized spacial score (nSPS) is 12.7. The lowest BCUT2D eigenvalue weighted by atomic mass is 9.99. The summed E-state index contributed by atoms with van der Waals surface area (Å²) >= 11 is 0.215. The minimum atomic E-state index is -4.83. The highest BCUT2D eigenvalue weighted by Gasteiger charge is 2.38. The van der Waals surface area contributed by atoms with Gasteiger partial charge in [0.1, 0.15) is 13.7 Å². The van der Waals surface area contributed by atoms with Crippen molar-refractivity contribution in [2.24, 2.45) is 10.3 Å². The van der Waals surface area contributed by atoms with Gasteiger partial charge in [0, 0.05) is 11.1 Å². The Bertz CT molecular complexity index is 986. The summed E-state index contributed by atoms with van der Waals surface area (Å²) in [6.07, 6.45) is -4.83. The SMILES string of the molecule is CO/N=C(/C(=O)OC)c1cccc(C)c1CO/N=C(\C)c1sc(F)nc1C(F)(F)F. The molecule has 2 aromatic rings. The number of hydrogen-bond donors (Lipinski definition) is 0. The molecule has 0 atom stereocenters. The highest BCUT2D eigenvalue weighted by Crippen LogP contribution is 2.34. The molecule has 0 saturated heterocycles. The number of hydrogen-bond acceptors (Lipinski definition) is 8. The Kier molecular flexibility index (Phi) is 7.48. The molecule has 0 amide bonds. The standard InChI is InChI=1S/C18H17F4N3O4S/c1-9-6-5-7-11(13(25-28-4)16(26)27-3)12(9)8-29-24-10(2)14-15(18(20,21)22)23-17(19)30-14/h5-7H,8H2,1-4H3/b24-10+,25-13+. The lowest BCUT2D eigenvalue weighted by Gasteiger charge is -2.12. The summed E-state index contributed by atoms with van der Waals surface area (Å²) in [5.74, 6) is -0.752. The highest BCUT2D eigenvalue weighted by molar-refractivity contribution is 7.12. The van der Waals surface area contributed by atoms with Crippen molar-refractivity contribution in [2.45, 2.75) is 26.6 Å². The highest BCUT2D eigenvalue weighted by atomic mass is 32.1. The van der Waals surface area contributed by atoms with Crippen LogP contribution in [-0.2, 0) is 32.0 Å². The first-order chi connectivity index (χ1) is 14.1. The first-order valence-electron chi connectivity index (χ1n) is 8.28. The molecule has 1 aromatic heterocycles. The number of aromatic nitrogens is 1. The van der Waals surface area contributed by atoms with E-state index < -0.39 is 28.0 Å². The average Bonchev–Trinajstić information content (AvgIpc) is 3.09. The molecule has 0 aliphatic rings. The Morgan fingerprint density at radius 2 is 1.93 bits per heavy atom. The second-order valence-corrected chi connectivity index (χ2v) is 6.76. The first-order valence-corrected chi connectivity index (χ1v) is 9.10. The number of methoxy groups -OCH3 is 1. The number of esters is 1. The van der Waals surface area contributed by atoms with Crippen molar-refractivity contribution in [1.29, 1.82) is 0 Å². The average molecular weight is 447 g/mol. The van der Waals surface area contributed by atoms with Gasteiger partial charge in [-0.15, -0.1) is 0 Å². The van der Waals surface area contributed by atoms with Gasteiger partial charge >= 0.3 is 12.1 Å². The van der Waals surface area contributed by atoms with Gasteiger partial charge in [0.05, 0.1) is 17.7 Å². The van der Waals surface area contributed by atoms with E-state index in [4.69, 9.17) is 14.4 Å². The Balaban J connectivity index is 2.33. The van der Waals surface area contributed by atoms with Crippen molar-refractivity contribution in [3.63, 3.8) is 0 Å². The van der Waals surface area contributed by atoms with Crippen LogP contribution in [0.2, 0.25) is 0 Å². The van der Waals surface area contributed by atoms with Gasteiger partial charge in [0.2, 0.25) is 0 Å². The molecule has 0 N–H and O–H groups in total. The molecule has 30 heavy (non-hydrogen) atoms. The summed E-state index contributed by atoms with van der Waals surface area (Å²) in [6.45, 7) is 2.77. The largest absolute Gasteiger partial charge is 0.464 e. The Labute approximate surface area is 172 Å². The fourth-order valence-electron chi connectivity index (χ4n) is 2.47. The number of nitrogens with zero attached hydrogens (tertiary/aromatic N) is 3. The van der Waals surface area contributed by atoms with Gasteiger partial charge in [0.25, 0.3) is 5.26 Å². The van der Waals surface area contributed by atoms with E-state index in [1.54, 1.807) is 25.1 Å². The molecule has 0 saturated carbocycles. The molecular formula is C18H17F4N3O4S. The maximum atomic E-state index is 13.3. The van der Waals surface area contributed by atoms with E-state index in [1.807, 2.05) is 0 Å². The Morgan fingerprint density at radius 3 is 2.53 bits per heavy atom. The van der Waals surface area contributed by atoms with E-state index in [-0.39, 0.29) is 29.4 Å². The molecule has 0 aliphatic heterocycles. The van der Waals surface area contributed by atoms with Crippen molar-refractivity contribution >= 4 is 28.7 Å². The topological polar surface area (TPSA) is 82.4 Å². The predicted molar refractivity (Wildman–Crippen MR) is 101 cm³/mol. The quantitative estimate of drug-likeness (QED) is 0.277. The van der Waals surface area contributed by atoms with E-state index in [1.165, 1.54) is 21.1 Å². The van der Waals surface area contributed by atoms with Crippen LogP contribution in [0.1, 0.15) is 34.2 Å². The molecule has 0 radical (unpaired) electrons. The van der Waals surface area contributed by atoms with Gasteiger partial charge in [-0.05, 0) is 19.4 Å². The number of alkyl halides is 3. The van der Waals surface area contributed by atoms with Crippen LogP contribution in [0.3, 0.4) is 0 Å². The van der Waals surface area contributed by atoms with Crippen molar-refractivity contribution in [3.05, 3.63) is 50.7 Å². The molecule has 1 heterocycles. The van der Waals surface area contributed by atoms with Gasteiger partial charge in [0.15, 0.2) is 11.4 Å². The van der Waals surface area contributed by atoms with Crippen LogP contribution in [0.15, 0.2) is 28.5 Å². The number of oxime groups is 2. The summed E-state index contributed by atoms with van der Waals surface area (Å²) in [5.41, 5.74) is -0.151. The number of carbonyl (C=O) groups is 1. The van der Waals surface area contributed by atoms with Gasteiger partial charge in [-0.1, -0.05) is 39.8 Å². The number of benzene rings is 1. The monoisotopic (exact) mass is 447 g/mol. The van der Waals surface area contributed by atoms with Gasteiger partial charge in [-0.25, -0.2) is 9.78 Å². The molecular weight excluding hydrogens is 430 g/mol. The maximum absolute atomic E-state index is 13.3. The zero-order valence-corrected chi connectivity index (χ0v) is 17.2.